The van der Waals surface area contributed by atoms with Gasteiger partial charge in [-0.15, -0.1) is 0 Å². The number of halogens is 5. The Kier molecular flexibility index (Phi) is 8.43. The van der Waals surface area contributed by atoms with Gasteiger partial charge in [0, 0.05) is 14.5 Å². The van der Waals surface area contributed by atoms with Gasteiger partial charge in [-0.2, -0.15) is 0 Å². The monoisotopic (exact) mass is 585 g/mol. The molecule has 0 radical (unpaired) electrons. The van der Waals surface area contributed by atoms with Gasteiger partial charge in [-0.3, -0.25) is 4.79 Å². The third-order valence-corrected chi connectivity index (χ3v) is 5.71. The molecule has 0 bridgehead atoms. The lowest BCUT2D eigenvalue weighted by Crippen LogP contribution is -2.56. The van der Waals surface area contributed by atoms with Crippen LogP contribution in [0, 0.1) is 13.8 Å². The van der Waals surface area contributed by atoms with Crippen molar-refractivity contribution in [2.24, 2.45) is 0 Å². The van der Waals surface area contributed by atoms with E-state index < -0.39 is 15.9 Å². The summed E-state index contributed by atoms with van der Waals surface area (Å²) in [5, 5.41) is 8.70. The van der Waals surface area contributed by atoms with Crippen molar-refractivity contribution in [3.63, 3.8) is 0 Å². The van der Waals surface area contributed by atoms with E-state index in [-0.39, 0.29) is 5.11 Å². The van der Waals surface area contributed by atoms with Gasteiger partial charge in [-0.05, 0) is 87.8 Å². The molecule has 2 aromatic rings. The number of carbonyl (C=O) groups is 1. The van der Waals surface area contributed by atoms with Gasteiger partial charge in [0.1, 0.15) is 6.17 Å². The van der Waals surface area contributed by atoms with Gasteiger partial charge >= 0.3 is 0 Å². The number of anilines is 1. The van der Waals surface area contributed by atoms with E-state index in [1.165, 1.54) is 0 Å². The van der Waals surface area contributed by atoms with Crippen molar-refractivity contribution in [1.29, 1.82) is 0 Å². The Morgan fingerprint density at radius 3 is 2.18 bits per heavy atom. The third kappa shape index (κ3) is 6.75. The van der Waals surface area contributed by atoms with Crippen molar-refractivity contribution in [1.82, 2.24) is 10.6 Å². The molecule has 4 nitrogen and oxygen atoms in total. The van der Waals surface area contributed by atoms with E-state index in [1.54, 1.807) is 18.2 Å². The lowest BCUT2D eigenvalue weighted by Gasteiger charge is -2.28. The van der Waals surface area contributed by atoms with Gasteiger partial charge in [0.15, 0.2) is 5.11 Å². The van der Waals surface area contributed by atoms with Crippen molar-refractivity contribution in [2.75, 3.05) is 5.32 Å². The van der Waals surface area contributed by atoms with Gasteiger partial charge < -0.3 is 16.0 Å². The third-order valence-electron chi connectivity index (χ3n) is 3.58. The summed E-state index contributed by atoms with van der Waals surface area (Å²) in [6, 6.07) is 10.9. The highest BCUT2D eigenvalue weighted by molar-refractivity contribution is 9.11. The normalized spacial score (nSPS) is 12.2. The Balaban J connectivity index is 2.14. The molecule has 0 fully saturated rings. The summed E-state index contributed by atoms with van der Waals surface area (Å²) >= 11 is 30.4. The summed E-state index contributed by atoms with van der Waals surface area (Å²) in [7, 11) is 0. The molecule has 0 aliphatic carbocycles. The summed E-state index contributed by atoms with van der Waals surface area (Å²) in [6.45, 7) is 3.85. The minimum Gasteiger partial charge on any atom is -0.339 e. The maximum Gasteiger partial charge on any atom is 0.252 e. The number of hydrogen-bond acceptors (Lipinski definition) is 2. The number of carbonyl (C=O) groups excluding carboxylic acids is 1. The highest BCUT2D eigenvalue weighted by Crippen LogP contribution is 2.33. The molecular weight excluding hydrogens is 572 g/mol. The van der Waals surface area contributed by atoms with Crippen LogP contribution < -0.4 is 16.0 Å². The summed E-state index contributed by atoms with van der Waals surface area (Å²) < 4.78 is -0.233. The lowest BCUT2D eigenvalue weighted by atomic mass is 10.1. The van der Waals surface area contributed by atoms with Crippen LogP contribution in [-0.4, -0.2) is 21.0 Å². The average molecular weight is 589 g/mol. The van der Waals surface area contributed by atoms with Crippen LogP contribution in [0.25, 0.3) is 0 Å². The number of thiocarbonyl (C=S) groups is 1. The molecule has 1 atom stereocenters. The number of rotatable bonds is 4. The van der Waals surface area contributed by atoms with Gasteiger partial charge in [-0.1, -0.05) is 52.5 Å². The molecule has 0 spiro atoms. The van der Waals surface area contributed by atoms with E-state index in [0.29, 0.717) is 11.3 Å². The van der Waals surface area contributed by atoms with E-state index in [4.69, 9.17) is 47.0 Å². The molecular formula is C18H16Br2Cl3N3OS. The molecule has 0 heterocycles. The van der Waals surface area contributed by atoms with Crippen molar-refractivity contribution in [3.8, 4) is 0 Å². The van der Waals surface area contributed by atoms with Crippen molar-refractivity contribution < 1.29 is 4.79 Å². The second-order valence-corrected chi connectivity index (χ2v) is 10.5. The summed E-state index contributed by atoms with van der Waals surface area (Å²) in [5.41, 5.74) is 3.16. The minimum atomic E-state index is -1.84. The summed E-state index contributed by atoms with van der Waals surface area (Å²) in [4.78, 5) is 12.5. The maximum atomic E-state index is 12.5. The molecule has 150 valence electrons. The van der Waals surface area contributed by atoms with E-state index in [0.717, 1.165) is 20.1 Å². The first-order valence-corrected chi connectivity index (χ1v) is 11.1. The zero-order valence-corrected chi connectivity index (χ0v) is 21.0. The van der Waals surface area contributed by atoms with Crippen molar-refractivity contribution in [3.05, 3.63) is 62.0 Å². The first-order valence-electron chi connectivity index (χ1n) is 7.95. The largest absolute Gasteiger partial charge is 0.339 e. The van der Waals surface area contributed by atoms with Crippen molar-refractivity contribution >= 4 is 95.6 Å². The second kappa shape index (κ2) is 9.96. The quantitative estimate of drug-likeness (QED) is 0.225. The number of amides is 1. The van der Waals surface area contributed by atoms with Crippen LogP contribution in [0.15, 0.2) is 45.3 Å². The average Bonchev–Trinajstić information content (AvgIpc) is 2.56. The Hall–Kier alpha value is -0.570. The molecule has 0 unspecified atom stereocenters. The SMILES string of the molecule is Cc1cccc(C(=O)N[C@H](NC(=S)Nc2c(Br)cc(C)cc2Br)C(Cl)(Cl)Cl)c1. The Morgan fingerprint density at radius 2 is 1.64 bits per heavy atom. The van der Waals surface area contributed by atoms with E-state index in [9.17, 15) is 4.79 Å². The molecule has 0 aromatic heterocycles. The summed E-state index contributed by atoms with van der Waals surface area (Å²) in [6.07, 6.45) is -1.06. The standard InChI is InChI=1S/C18H16Br2Cl3N3OS/c1-9-4-3-5-11(6-9)15(27)25-16(18(21,22)23)26-17(28)24-14-12(19)7-10(2)8-13(14)20/h3-8,16H,1-2H3,(H,25,27)(H2,24,26,28)/t16-/m1/s1. The Morgan fingerprint density at radius 1 is 1.04 bits per heavy atom. The molecule has 1 amide bonds. The van der Waals surface area contributed by atoms with Crippen LogP contribution in [0.3, 0.4) is 0 Å². The van der Waals surface area contributed by atoms with Crippen LogP contribution in [0.1, 0.15) is 21.5 Å². The van der Waals surface area contributed by atoms with Crippen LogP contribution in [0.4, 0.5) is 5.69 Å². The molecule has 2 aromatic carbocycles. The Labute approximate surface area is 200 Å². The van der Waals surface area contributed by atoms with E-state index in [1.807, 2.05) is 32.0 Å². The number of alkyl halides is 3. The molecule has 0 saturated carbocycles. The van der Waals surface area contributed by atoms with Crippen LogP contribution in [-0.2, 0) is 0 Å². The van der Waals surface area contributed by atoms with Gasteiger partial charge in [0.25, 0.3) is 5.91 Å². The lowest BCUT2D eigenvalue weighted by molar-refractivity contribution is 0.0934. The van der Waals surface area contributed by atoms with E-state index >= 15 is 0 Å². The fourth-order valence-corrected chi connectivity index (χ4v) is 4.46. The maximum absolute atomic E-state index is 12.5. The molecule has 0 saturated heterocycles. The smallest absolute Gasteiger partial charge is 0.252 e. The molecule has 10 heteroatoms. The minimum absolute atomic E-state index is 0.172. The van der Waals surface area contributed by atoms with Gasteiger partial charge in [-0.25, -0.2) is 0 Å². The van der Waals surface area contributed by atoms with E-state index in [2.05, 4.69) is 47.8 Å². The highest BCUT2D eigenvalue weighted by Gasteiger charge is 2.35. The van der Waals surface area contributed by atoms with Crippen LogP contribution in [0.5, 0.6) is 0 Å². The first kappa shape index (κ1) is 23.7. The fraction of sp³-hybridized carbons (Fsp3) is 0.222. The molecule has 0 aliphatic heterocycles. The second-order valence-electron chi connectivity index (χ2n) is 6.02. The molecule has 2 rings (SSSR count). The highest BCUT2D eigenvalue weighted by atomic mass is 79.9. The number of aryl methyl sites for hydroxylation is 2. The number of nitrogens with one attached hydrogen (secondary N) is 3. The molecule has 0 aliphatic rings. The fourth-order valence-electron chi connectivity index (χ4n) is 2.30. The van der Waals surface area contributed by atoms with Crippen LogP contribution >= 0.6 is 78.9 Å². The predicted octanol–water partition coefficient (Wildman–Crippen LogP) is 6.24. The zero-order valence-electron chi connectivity index (χ0n) is 14.7. The molecule has 3 N–H and O–H groups in total. The number of hydrogen-bond donors (Lipinski definition) is 3. The summed E-state index contributed by atoms with van der Waals surface area (Å²) in [5.74, 6) is -0.395. The van der Waals surface area contributed by atoms with Crippen molar-refractivity contribution in [2.45, 2.75) is 23.8 Å². The zero-order chi connectivity index (χ0) is 21.1. The van der Waals surface area contributed by atoms with Gasteiger partial charge in [0.2, 0.25) is 3.79 Å². The number of benzene rings is 2. The van der Waals surface area contributed by atoms with Crippen LogP contribution in [0.2, 0.25) is 0 Å². The van der Waals surface area contributed by atoms with Gasteiger partial charge in [0.05, 0.1) is 5.69 Å². The molecule has 28 heavy (non-hydrogen) atoms. The Bertz CT molecular complexity index is 883. The topological polar surface area (TPSA) is 53.2 Å². The predicted molar refractivity (Wildman–Crippen MR) is 129 cm³/mol. The first-order chi connectivity index (χ1) is 13.0.